The minimum absolute atomic E-state index is 0. The number of hydrogen-bond donors (Lipinski definition) is 3. The lowest BCUT2D eigenvalue weighted by Crippen LogP contribution is -2.41. The molecule has 1 aromatic carbocycles. The van der Waals surface area contributed by atoms with Gasteiger partial charge in [0.25, 0.3) is 0 Å². The van der Waals surface area contributed by atoms with Crippen molar-refractivity contribution >= 4 is 41.5 Å². The second-order valence-electron chi connectivity index (χ2n) is 5.16. The number of amides is 1. The van der Waals surface area contributed by atoms with Crippen molar-refractivity contribution in [2.75, 3.05) is 32.1 Å². The van der Waals surface area contributed by atoms with Crippen LogP contribution in [0, 0.1) is 0 Å². The molecule has 0 aliphatic heterocycles. The molecule has 0 bridgehead atoms. The van der Waals surface area contributed by atoms with Crippen molar-refractivity contribution in [2.45, 2.75) is 6.42 Å². The molecule has 2 aromatic rings. The van der Waals surface area contributed by atoms with Crippen molar-refractivity contribution < 1.29 is 9.53 Å². The SMILES string of the molecule is CN=C(NCCCOc1ccccc1)NCC(=O)Nc1cccnc1.I. The number of carbonyl (C=O) groups is 1. The standard InChI is InChI=1S/C18H23N5O2.HI/c1-19-18(21-11-6-12-25-16-8-3-2-4-9-16)22-14-17(24)23-15-7-5-10-20-13-15;/h2-5,7-10,13H,6,11-12,14H2,1H3,(H,23,24)(H2,19,21,22);1H. The molecule has 0 saturated carbocycles. The van der Waals surface area contributed by atoms with Gasteiger partial charge in [-0.1, -0.05) is 18.2 Å². The van der Waals surface area contributed by atoms with E-state index in [0.29, 0.717) is 24.8 Å². The Labute approximate surface area is 170 Å². The average molecular weight is 469 g/mol. The van der Waals surface area contributed by atoms with E-state index in [1.165, 1.54) is 0 Å². The summed E-state index contributed by atoms with van der Waals surface area (Å²) in [6.07, 6.45) is 4.07. The number of aliphatic imine (C=N–C) groups is 1. The molecule has 1 amide bonds. The first kappa shape index (κ1) is 21.7. The summed E-state index contributed by atoms with van der Waals surface area (Å²) in [5.74, 6) is 1.27. The zero-order valence-electron chi connectivity index (χ0n) is 14.6. The molecule has 3 N–H and O–H groups in total. The molecule has 0 unspecified atom stereocenters. The van der Waals surface area contributed by atoms with Crippen LogP contribution in [0.3, 0.4) is 0 Å². The lowest BCUT2D eigenvalue weighted by atomic mass is 10.3. The van der Waals surface area contributed by atoms with Gasteiger partial charge in [0, 0.05) is 19.8 Å². The lowest BCUT2D eigenvalue weighted by Gasteiger charge is -2.12. The Balaban J connectivity index is 0.00000338. The molecule has 1 heterocycles. The lowest BCUT2D eigenvalue weighted by molar-refractivity contribution is -0.115. The molecular weight excluding hydrogens is 445 g/mol. The van der Waals surface area contributed by atoms with Gasteiger partial charge in [-0.05, 0) is 30.7 Å². The fraction of sp³-hybridized carbons (Fsp3) is 0.278. The molecule has 0 saturated heterocycles. The molecule has 26 heavy (non-hydrogen) atoms. The summed E-state index contributed by atoms with van der Waals surface area (Å²) in [5.41, 5.74) is 0.662. The Morgan fingerprint density at radius 1 is 1.15 bits per heavy atom. The predicted octanol–water partition coefficient (Wildman–Crippen LogP) is 2.27. The highest BCUT2D eigenvalue weighted by molar-refractivity contribution is 14.0. The number of para-hydroxylation sites is 1. The van der Waals surface area contributed by atoms with Gasteiger partial charge in [-0.3, -0.25) is 14.8 Å². The van der Waals surface area contributed by atoms with E-state index in [9.17, 15) is 4.79 Å². The van der Waals surface area contributed by atoms with Crippen LogP contribution in [0.1, 0.15) is 6.42 Å². The molecule has 8 heteroatoms. The van der Waals surface area contributed by atoms with E-state index in [0.717, 1.165) is 12.2 Å². The average Bonchev–Trinajstić information content (AvgIpc) is 2.65. The fourth-order valence-electron chi connectivity index (χ4n) is 2.01. The van der Waals surface area contributed by atoms with Gasteiger partial charge in [-0.15, -0.1) is 24.0 Å². The minimum atomic E-state index is -0.164. The van der Waals surface area contributed by atoms with Crippen LogP contribution in [-0.2, 0) is 4.79 Å². The van der Waals surface area contributed by atoms with Crippen molar-refractivity contribution in [3.05, 3.63) is 54.9 Å². The van der Waals surface area contributed by atoms with Gasteiger partial charge in [0.05, 0.1) is 25.0 Å². The molecule has 0 aliphatic carbocycles. The number of hydrogen-bond acceptors (Lipinski definition) is 4. The van der Waals surface area contributed by atoms with Gasteiger partial charge >= 0.3 is 0 Å². The number of halogens is 1. The molecule has 0 atom stereocenters. The first-order valence-corrected chi connectivity index (χ1v) is 8.10. The second-order valence-corrected chi connectivity index (χ2v) is 5.16. The van der Waals surface area contributed by atoms with E-state index in [1.807, 2.05) is 30.3 Å². The maximum atomic E-state index is 11.9. The van der Waals surface area contributed by atoms with E-state index < -0.39 is 0 Å². The molecule has 2 rings (SSSR count). The second kappa shape index (κ2) is 12.9. The highest BCUT2D eigenvalue weighted by Crippen LogP contribution is 2.08. The van der Waals surface area contributed by atoms with Gasteiger partial charge in [-0.25, -0.2) is 0 Å². The summed E-state index contributed by atoms with van der Waals surface area (Å²) in [6, 6.07) is 13.2. The van der Waals surface area contributed by atoms with Gasteiger partial charge in [0.15, 0.2) is 5.96 Å². The molecule has 140 valence electrons. The zero-order chi connectivity index (χ0) is 17.7. The van der Waals surface area contributed by atoms with Crippen LogP contribution in [0.5, 0.6) is 5.75 Å². The van der Waals surface area contributed by atoms with Gasteiger partial charge < -0.3 is 20.7 Å². The molecule has 0 radical (unpaired) electrons. The van der Waals surface area contributed by atoms with E-state index in [4.69, 9.17) is 4.74 Å². The van der Waals surface area contributed by atoms with Gasteiger partial charge in [-0.2, -0.15) is 0 Å². The largest absolute Gasteiger partial charge is 0.494 e. The van der Waals surface area contributed by atoms with E-state index >= 15 is 0 Å². The van der Waals surface area contributed by atoms with Crippen LogP contribution < -0.4 is 20.7 Å². The maximum absolute atomic E-state index is 11.9. The Morgan fingerprint density at radius 2 is 1.96 bits per heavy atom. The van der Waals surface area contributed by atoms with E-state index in [2.05, 4.69) is 25.9 Å². The van der Waals surface area contributed by atoms with Crippen molar-refractivity contribution in [1.29, 1.82) is 0 Å². The Bertz CT molecular complexity index is 668. The summed E-state index contributed by atoms with van der Waals surface area (Å²) in [7, 11) is 1.66. The number of anilines is 1. The molecular formula is C18H24IN5O2. The van der Waals surface area contributed by atoms with Crippen LogP contribution in [0.15, 0.2) is 59.9 Å². The molecule has 0 fully saturated rings. The van der Waals surface area contributed by atoms with E-state index in [1.54, 1.807) is 31.6 Å². The smallest absolute Gasteiger partial charge is 0.243 e. The first-order chi connectivity index (χ1) is 12.3. The Kier molecular flexibility index (Phi) is 10.8. The number of benzene rings is 1. The van der Waals surface area contributed by atoms with Crippen LogP contribution in [0.2, 0.25) is 0 Å². The number of rotatable bonds is 8. The fourth-order valence-corrected chi connectivity index (χ4v) is 2.01. The summed E-state index contributed by atoms with van der Waals surface area (Å²) in [4.78, 5) is 19.9. The molecule has 0 spiro atoms. The first-order valence-electron chi connectivity index (χ1n) is 8.10. The van der Waals surface area contributed by atoms with Crippen LogP contribution >= 0.6 is 24.0 Å². The van der Waals surface area contributed by atoms with Gasteiger partial charge in [0.1, 0.15) is 5.75 Å². The Morgan fingerprint density at radius 3 is 2.65 bits per heavy atom. The highest BCUT2D eigenvalue weighted by Gasteiger charge is 2.04. The summed E-state index contributed by atoms with van der Waals surface area (Å²) in [6.45, 7) is 1.42. The number of carbonyl (C=O) groups excluding carboxylic acids is 1. The quantitative estimate of drug-likeness (QED) is 0.239. The number of pyridine rings is 1. The molecule has 0 aliphatic rings. The third-order valence-corrected chi connectivity index (χ3v) is 3.21. The molecule has 7 nitrogen and oxygen atoms in total. The minimum Gasteiger partial charge on any atom is -0.494 e. The van der Waals surface area contributed by atoms with Crippen molar-refractivity contribution in [2.24, 2.45) is 4.99 Å². The number of nitrogens with zero attached hydrogens (tertiary/aromatic N) is 2. The van der Waals surface area contributed by atoms with Crippen molar-refractivity contribution in [1.82, 2.24) is 15.6 Å². The number of guanidine groups is 1. The van der Waals surface area contributed by atoms with Crippen LogP contribution in [0.4, 0.5) is 5.69 Å². The summed E-state index contributed by atoms with van der Waals surface area (Å²) < 4.78 is 5.62. The maximum Gasteiger partial charge on any atom is 0.243 e. The van der Waals surface area contributed by atoms with Gasteiger partial charge in [0.2, 0.25) is 5.91 Å². The van der Waals surface area contributed by atoms with Crippen LogP contribution in [0.25, 0.3) is 0 Å². The monoisotopic (exact) mass is 469 g/mol. The van der Waals surface area contributed by atoms with Crippen molar-refractivity contribution in [3.8, 4) is 5.75 Å². The number of aromatic nitrogens is 1. The topological polar surface area (TPSA) is 87.6 Å². The Hall–Kier alpha value is -2.36. The summed E-state index contributed by atoms with van der Waals surface area (Å²) >= 11 is 0. The normalized spacial score (nSPS) is 10.4. The van der Waals surface area contributed by atoms with Crippen LogP contribution in [-0.4, -0.2) is 43.6 Å². The predicted molar refractivity (Wildman–Crippen MR) is 114 cm³/mol. The van der Waals surface area contributed by atoms with E-state index in [-0.39, 0.29) is 36.4 Å². The number of nitrogens with one attached hydrogen (secondary N) is 3. The van der Waals surface area contributed by atoms with Crippen molar-refractivity contribution in [3.63, 3.8) is 0 Å². The molecule has 1 aromatic heterocycles. The number of ether oxygens (including phenoxy) is 1. The highest BCUT2D eigenvalue weighted by atomic mass is 127. The third-order valence-electron chi connectivity index (χ3n) is 3.21. The zero-order valence-corrected chi connectivity index (χ0v) is 17.0. The third kappa shape index (κ3) is 8.65. The summed E-state index contributed by atoms with van der Waals surface area (Å²) in [5, 5.41) is 8.85.